The van der Waals surface area contributed by atoms with Crippen LogP contribution in [0.1, 0.15) is 44.1 Å². The van der Waals surface area contributed by atoms with Crippen LogP contribution in [-0.4, -0.2) is 48.6 Å². The van der Waals surface area contributed by atoms with Crippen LogP contribution >= 0.6 is 11.3 Å². The van der Waals surface area contributed by atoms with Crippen LogP contribution in [0.25, 0.3) is 16.2 Å². The topological polar surface area (TPSA) is 113 Å². The molecule has 0 aromatic carbocycles. The average Bonchev–Trinajstić information content (AvgIpc) is 3.20. The van der Waals surface area contributed by atoms with Gasteiger partial charge in [-0.15, -0.1) is 16.4 Å². The number of aromatic nitrogens is 5. The van der Waals surface area contributed by atoms with Crippen LogP contribution in [0.4, 0.5) is 10.7 Å². The Balaban J connectivity index is 1.16. The van der Waals surface area contributed by atoms with Crippen molar-refractivity contribution in [2.75, 3.05) is 11.9 Å². The van der Waals surface area contributed by atoms with Crippen LogP contribution < -0.4 is 5.32 Å². The number of hydrogen-bond donors (Lipinski definition) is 1. The van der Waals surface area contributed by atoms with Gasteiger partial charge in [-0.05, 0) is 69.9 Å². The minimum atomic E-state index is -0.570. The Morgan fingerprint density at radius 2 is 2.03 bits per heavy atom. The Kier molecular flexibility index (Phi) is 6.59. The molecular formula is C25H28N6O4S. The molecule has 0 radical (unpaired) electrons. The number of pyridine rings is 1. The summed E-state index contributed by atoms with van der Waals surface area (Å²) in [7, 11) is 0. The molecule has 1 fully saturated rings. The Bertz CT molecular complexity index is 1390. The molecule has 188 valence electrons. The van der Waals surface area contributed by atoms with Crippen molar-refractivity contribution in [1.82, 2.24) is 24.4 Å². The highest BCUT2D eigenvalue weighted by Gasteiger charge is 2.30. The molecule has 1 amide bonds. The van der Waals surface area contributed by atoms with E-state index < -0.39 is 11.7 Å². The van der Waals surface area contributed by atoms with Gasteiger partial charge in [0.2, 0.25) is 11.9 Å². The first kappa shape index (κ1) is 24.1. The summed E-state index contributed by atoms with van der Waals surface area (Å²) in [6.45, 7) is 6.42. The highest BCUT2D eigenvalue weighted by atomic mass is 32.1. The van der Waals surface area contributed by atoms with E-state index in [0.717, 1.165) is 33.9 Å². The molecule has 1 saturated carbocycles. The first-order chi connectivity index (χ1) is 17.2. The molecule has 0 aliphatic heterocycles. The summed E-state index contributed by atoms with van der Waals surface area (Å²) in [6.07, 6.45) is 5.31. The standard InChI is InChI=1S/C25H28N6O4S/c1-25(2,3)35-24(33)30-14-16(13-26-30)11-12-34-15-18-9-10-20(36-18)19-5-4-6-21-27-23(29-31(19)21)28-22(32)17-7-8-17/h4-6,9-10,13-14,17H,7-8,11-12,15H2,1-3H3,(H,28,29,32). The van der Waals surface area contributed by atoms with E-state index in [1.165, 1.54) is 4.68 Å². The second-order valence-corrected chi connectivity index (χ2v) is 10.9. The maximum Gasteiger partial charge on any atom is 0.435 e. The van der Waals surface area contributed by atoms with E-state index >= 15 is 0 Å². The van der Waals surface area contributed by atoms with Crippen LogP contribution in [0, 0.1) is 5.92 Å². The number of ether oxygens (including phenoxy) is 2. The lowest BCUT2D eigenvalue weighted by atomic mass is 10.2. The van der Waals surface area contributed by atoms with Crippen molar-refractivity contribution in [2.24, 2.45) is 5.92 Å². The first-order valence-corrected chi connectivity index (χ1v) is 12.7. The van der Waals surface area contributed by atoms with E-state index in [2.05, 4.69) is 20.5 Å². The van der Waals surface area contributed by atoms with Gasteiger partial charge < -0.3 is 9.47 Å². The fourth-order valence-electron chi connectivity index (χ4n) is 3.56. The van der Waals surface area contributed by atoms with Crippen molar-refractivity contribution >= 4 is 34.9 Å². The van der Waals surface area contributed by atoms with Crippen molar-refractivity contribution in [3.8, 4) is 10.6 Å². The van der Waals surface area contributed by atoms with Crippen molar-refractivity contribution in [2.45, 2.75) is 52.2 Å². The van der Waals surface area contributed by atoms with E-state index in [1.54, 1.807) is 28.2 Å². The number of thiophene rings is 1. The fourth-order valence-corrected chi connectivity index (χ4v) is 4.51. The van der Waals surface area contributed by atoms with Crippen LogP contribution in [0.15, 0.2) is 42.7 Å². The molecule has 4 aromatic heterocycles. The molecule has 1 aliphatic rings. The first-order valence-electron chi connectivity index (χ1n) is 11.9. The molecule has 0 bridgehead atoms. The minimum absolute atomic E-state index is 0.0137. The third kappa shape index (κ3) is 5.80. The summed E-state index contributed by atoms with van der Waals surface area (Å²) >= 11 is 1.62. The smallest absolute Gasteiger partial charge is 0.435 e. The monoisotopic (exact) mass is 508 g/mol. The van der Waals surface area contributed by atoms with Gasteiger partial charge in [0.05, 0.1) is 30.0 Å². The van der Waals surface area contributed by atoms with Gasteiger partial charge in [0.15, 0.2) is 5.65 Å². The Morgan fingerprint density at radius 1 is 1.19 bits per heavy atom. The number of hydrogen-bond acceptors (Lipinski definition) is 8. The van der Waals surface area contributed by atoms with Gasteiger partial charge in [-0.25, -0.2) is 9.31 Å². The zero-order valence-corrected chi connectivity index (χ0v) is 21.2. The Hall–Kier alpha value is -3.57. The second kappa shape index (κ2) is 9.82. The van der Waals surface area contributed by atoms with Gasteiger partial charge in [-0.1, -0.05) is 6.07 Å². The molecule has 1 N–H and O–H groups in total. The molecule has 0 saturated heterocycles. The SMILES string of the molecule is CC(C)(C)OC(=O)n1cc(CCOCc2ccc(-c3cccc4nc(NC(=O)C5CC5)nn34)s2)cn1. The number of amides is 1. The fraction of sp³-hybridized carbons (Fsp3) is 0.400. The molecule has 0 atom stereocenters. The van der Waals surface area contributed by atoms with E-state index in [1.807, 2.05) is 51.1 Å². The maximum absolute atomic E-state index is 12.1. The van der Waals surface area contributed by atoms with Crippen LogP contribution in [0.3, 0.4) is 0 Å². The molecule has 10 nitrogen and oxygen atoms in total. The highest BCUT2D eigenvalue weighted by molar-refractivity contribution is 7.15. The van der Waals surface area contributed by atoms with Gasteiger partial charge >= 0.3 is 6.09 Å². The van der Waals surface area contributed by atoms with Crippen molar-refractivity contribution in [3.63, 3.8) is 0 Å². The molecule has 4 heterocycles. The predicted molar refractivity (Wildman–Crippen MR) is 135 cm³/mol. The second-order valence-electron chi connectivity index (χ2n) is 9.72. The number of carbonyl (C=O) groups is 2. The van der Waals surface area contributed by atoms with Crippen molar-refractivity contribution < 1.29 is 19.1 Å². The van der Waals surface area contributed by atoms with Gasteiger partial charge in [0, 0.05) is 17.0 Å². The molecule has 0 unspecified atom stereocenters. The molecule has 0 spiro atoms. The lowest BCUT2D eigenvalue weighted by molar-refractivity contribution is -0.117. The molecule has 11 heteroatoms. The molecule has 4 aromatic rings. The normalized spacial score (nSPS) is 13.8. The van der Waals surface area contributed by atoms with Gasteiger partial charge in [0.1, 0.15) is 5.60 Å². The quantitative estimate of drug-likeness (QED) is 0.348. The third-order valence-corrected chi connectivity index (χ3v) is 6.53. The molecular weight excluding hydrogens is 480 g/mol. The largest absolute Gasteiger partial charge is 0.442 e. The Labute approximate surface area is 212 Å². The lowest BCUT2D eigenvalue weighted by Crippen LogP contribution is -2.27. The number of nitrogens with zero attached hydrogens (tertiary/aromatic N) is 5. The number of nitrogens with one attached hydrogen (secondary N) is 1. The number of anilines is 1. The van der Waals surface area contributed by atoms with E-state index in [0.29, 0.717) is 31.2 Å². The van der Waals surface area contributed by atoms with Gasteiger partial charge in [-0.3, -0.25) is 10.1 Å². The van der Waals surface area contributed by atoms with Gasteiger partial charge in [-0.2, -0.15) is 14.8 Å². The molecule has 5 rings (SSSR count). The maximum atomic E-state index is 12.1. The zero-order chi connectivity index (χ0) is 25.3. The summed E-state index contributed by atoms with van der Waals surface area (Å²) in [6, 6.07) is 9.84. The van der Waals surface area contributed by atoms with E-state index in [-0.39, 0.29) is 11.8 Å². The summed E-state index contributed by atoms with van der Waals surface area (Å²) in [5, 5.41) is 11.4. The third-order valence-electron chi connectivity index (χ3n) is 5.45. The lowest BCUT2D eigenvalue weighted by Gasteiger charge is -2.18. The minimum Gasteiger partial charge on any atom is -0.442 e. The Morgan fingerprint density at radius 3 is 2.81 bits per heavy atom. The van der Waals surface area contributed by atoms with Crippen LogP contribution in [0.5, 0.6) is 0 Å². The van der Waals surface area contributed by atoms with Crippen LogP contribution in [0.2, 0.25) is 0 Å². The molecule has 1 aliphatic carbocycles. The summed E-state index contributed by atoms with van der Waals surface area (Å²) in [5.74, 6) is 0.409. The predicted octanol–water partition coefficient (Wildman–Crippen LogP) is 4.55. The van der Waals surface area contributed by atoms with Crippen LogP contribution in [-0.2, 0) is 27.3 Å². The number of carbonyl (C=O) groups excluding carboxylic acids is 2. The summed E-state index contributed by atoms with van der Waals surface area (Å²) in [5.41, 5.74) is 1.91. The van der Waals surface area contributed by atoms with Crippen molar-refractivity contribution in [1.29, 1.82) is 0 Å². The number of fused-ring (bicyclic) bond motifs is 1. The number of rotatable bonds is 8. The highest BCUT2D eigenvalue weighted by Crippen LogP contribution is 2.31. The van der Waals surface area contributed by atoms with Crippen molar-refractivity contribution in [3.05, 3.63) is 53.2 Å². The summed E-state index contributed by atoms with van der Waals surface area (Å²) in [4.78, 5) is 30.7. The molecule has 36 heavy (non-hydrogen) atoms. The zero-order valence-electron chi connectivity index (χ0n) is 20.4. The summed E-state index contributed by atoms with van der Waals surface area (Å²) < 4.78 is 14.1. The average molecular weight is 509 g/mol. The van der Waals surface area contributed by atoms with Gasteiger partial charge in [0.25, 0.3) is 0 Å². The van der Waals surface area contributed by atoms with E-state index in [4.69, 9.17) is 9.47 Å². The van der Waals surface area contributed by atoms with E-state index in [9.17, 15) is 9.59 Å².